The molecule has 2 heterocycles. The van der Waals surface area contributed by atoms with Crippen molar-refractivity contribution in [2.45, 2.75) is 6.42 Å². The van der Waals surface area contributed by atoms with Crippen LogP contribution in [0.15, 0.2) is 42.7 Å². The summed E-state index contributed by atoms with van der Waals surface area (Å²) in [5.74, 6) is 0.0649. The molecule has 5 nitrogen and oxygen atoms in total. The standard InChI is InChI=1S/C14H13ClN2O3/c15-12-5-1-6-13(17-12)19-8-3-9-20-14(18)11-4-2-7-16-10-11/h1-2,4-7,10H,3,8-9H2. The van der Waals surface area contributed by atoms with Crippen LogP contribution in [-0.4, -0.2) is 29.2 Å². The number of pyridine rings is 2. The summed E-state index contributed by atoms with van der Waals surface area (Å²) >= 11 is 5.73. The molecule has 0 fully saturated rings. The third kappa shape index (κ3) is 4.51. The SMILES string of the molecule is O=C(OCCCOc1cccc(Cl)n1)c1cccnc1. The maximum atomic E-state index is 11.6. The summed E-state index contributed by atoms with van der Waals surface area (Å²) < 4.78 is 10.5. The zero-order valence-electron chi connectivity index (χ0n) is 10.7. The number of ether oxygens (including phenoxy) is 2. The van der Waals surface area contributed by atoms with Gasteiger partial charge in [0.15, 0.2) is 0 Å². The van der Waals surface area contributed by atoms with Gasteiger partial charge in [-0.15, -0.1) is 0 Å². The predicted octanol–water partition coefficient (Wildman–Crippen LogP) is 2.76. The van der Waals surface area contributed by atoms with Crippen LogP contribution < -0.4 is 4.74 Å². The lowest BCUT2D eigenvalue weighted by Crippen LogP contribution is -2.09. The average Bonchev–Trinajstić information content (AvgIpc) is 2.48. The van der Waals surface area contributed by atoms with Crippen molar-refractivity contribution >= 4 is 17.6 Å². The van der Waals surface area contributed by atoms with Gasteiger partial charge in [-0.2, -0.15) is 0 Å². The molecule has 20 heavy (non-hydrogen) atoms. The van der Waals surface area contributed by atoms with E-state index in [1.54, 1.807) is 36.5 Å². The van der Waals surface area contributed by atoms with Crippen molar-refractivity contribution in [1.29, 1.82) is 0 Å². The van der Waals surface area contributed by atoms with E-state index in [4.69, 9.17) is 21.1 Å². The van der Waals surface area contributed by atoms with E-state index in [9.17, 15) is 4.79 Å². The molecule has 2 rings (SSSR count). The van der Waals surface area contributed by atoms with Gasteiger partial charge in [-0.1, -0.05) is 17.7 Å². The normalized spacial score (nSPS) is 10.1. The Morgan fingerprint density at radius 2 is 2.10 bits per heavy atom. The van der Waals surface area contributed by atoms with Crippen molar-refractivity contribution < 1.29 is 14.3 Å². The second-order valence-corrected chi connectivity index (χ2v) is 4.27. The third-order valence-electron chi connectivity index (χ3n) is 2.36. The van der Waals surface area contributed by atoms with Crippen LogP contribution in [0, 0.1) is 0 Å². The molecule has 104 valence electrons. The lowest BCUT2D eigenvalue weighted by molar-refractivity contribution is 0.0485. The van der Waals surface area contributed by atoms with Gasteiger partial charge >= 0.3 is 5.97 Å². The van der Waals surface area contributed by atoms with E-state index in [2.05, 4.69) is 9.97 Å². The molecule has 0 N–H and O–H groups in total. The van der Waals surface area contributed by atoms with Gasteiger partial charge in [-0.05, 0) is 18.2 Å². The molecule has 0 aromatic carbocycles. The highest BCUT2D eigenvalue weighted by molar-refractivity contribution is 6.29. The van der Waals surface area contributed by atoms with Gasteiger partial charge in [0.05, 0.1) is 18.8 Å². The van der Waals surface area contributed by atoms with Crippen molar-refractivity contribution in [2.75, 3.05) is 13.2 Å². The van der Waals surface area contributed by atoms with Crippen LogP contribution in [0.3, 0.4) is 0 Å². The first-order chi connectivity index (χ1) is 9.75. The largest absolute Gasteiger partial charge is 0.477 e. The van der Waals surface area contributed by atoms with Crippen molar-refractivity contribution in [1.82, 2.24) is 9.97 Å². The van der Waals surface area contributed by atoms with E-state index in [0.717, 1.165) is 0 Å². The fourth-order valence-electron chi connectivity index (χ4n) is 1.44. The van der Waals surface area contributed by atoms with Gasteiger partial charge in [-0.25, -0.2) is 9.78 Å². The molecule has 0 atom stereocenters. The molecule has 0 aliphatic heterocycles. The van der Waals surface area contributed by atoms with E-state index in [0.29, 0.717) is 29.6 Å². The van der Waals surface area contributed by atoms with E-state index in [-0.39, 0.29) is 12.6 Å². The quantitative estimate of drug-likeness (QED) is 0.465. The molecule has 0 aliphatic carbocycles. The molecule has 0 bridgehead atoms. The fourth-order valence-corrected chi connectivity index (χ4v) is 1.59. The van der Waals surface area contributed by atoms with Crippen LogP contribution in [0.25, 0.3) is 0 Å². The maximum Gasteiger partial charge on any atom is 0.339 e. The van der Waals surface area contributed by atoms with Crippen molar-refractivity contribution in [3.05, 3.63) is 53.4 Å². The van der Waals surface area contributed by atoms with Crippen LogP contribution in [0.4, 0.5) is 0 Å². The van der Waals surface area contributed by atoms with E-state index in [1.807, 2.05) is 0 Å². The Kier molecular flexibility index (Phi) is 5.32. The smallest absolute Gasteiger partial charge is 0.339 e. The lowest BCUT2D eigenvalue weighted by atomic mass is 10.3. The molecule has 0 saturated carbocycles. The molecule has 2 aromatic rings. The summed E-state index contributed by atoms with van der Waals surface area (Å²) in [7, 11) is 0. The molecule has 6 heteroatoms. The number of rotatable bonds is 6. The van der Waals surface area contributed by atoms with Crippen LogP contribution in [0.2, 0.25) is 5.15 Å². The first kappa shape index (κ1) is 14.3. The predicted molar refractivity (Wildman–Crippen MR) is 73.9 cm³/mol. The molecular formula is C14H13ClN2O3. The Morgan fingerprint density at radius 1 is 1.20 bits per heavy atom. The van der Waals surface area contributed by atoms with Gasteiger partial charge < -0.3 is 9.47 Å². The summed E-state index contributed by atoms with van der Waals surface area (Å²) in [6, 6.07) is 8.48. The van der Waals surface area contributed by atoms with Crippen LogP contribution in [0.1, 0.15) is 16.8 Å². The van der Waals surface area contributed by atoms with Gasteiger partial charge in [0.2, 0.25) is 5.88 Å². The maximum absolute atomic E-state index is 11.6. The number of halogens is 1. The molecule has 2 aromatic heterocycles. The zero-order chi connectivity index (χ0) is 14.2. The minimum Gasteiger partial charge on any atom is -0.477 e. The summed E-state index contributed by atoms with van der Waals surface area (Å²) in [5.41, 5.74) is 0.435. The van der Waals surface area contributed by atoms with E-state index < -0.39 is 0 Å². The number of carbonyl (C=O) groups is 1. The second kappa shape index (κ2) is 7.45. The highest BCUT2D eigenvalue weighted by Gasteiger charge is 2.06. The minimum absolute atomic E-state index is 0.272. The molecule has 0 spiro atoms. The number of esters is 1. The summed E-state index contributed by atoms with van der Waals surface area (Å²) in [4.78, 5) is 19.4. The minimum atomic E-state index is -0.390. The fraction of sp³-hybridized carbons (Fsp3) is 0.214. The number of carbonyl (C=O) groups excluding carboxylic acids is 1. The number of aromatic nitrogens is 2. The Hall–Kier alpha value is -2.14. The number of hydrogen-bond donors (Lipinski definition) is 0. The Balaban J connectivity index is 1.66. The lowest BCUT2D eigenvalue weighted by Gasteiger charge is -2.06. The molecular weight excluding hydrogens is 280 g/mol. The Labute approximate surface area is 121 Å². The summed E-state index contributed by atoms with van der Waals surface area (Å²) in [6.45, 7) is 0.669. The van der Waals surface area contributed by atoms with Crippen LogP contribution in [-0.2, 0) is 4.74 Å². The van der Waals surface area contributed by atoms with E-state index in [1.165, 1.54) is 6.20 Å². The molecule has 0 amide bonds. The Morgan fingerprint density at radius 3 is 2.85 bits per heavy atom. The van der Waals surface area contributed by atoms with Crippen molar-refractivity contribution in [3.8, 4) is 5.88 Å². The topological polar surface area (TPSA) is 61.3 Å². The average molecular weight is 293 g/mol. The van der Waals surface area contributed by atoms with Gasteiger partial charge in [0.1, 0.15) is 5.15 Å². The second-order valence-electron chi connectivity index (χ2n) is 3.88. The first-order valence-corrected chi connectivity index (χ1v) is 6.46. The van der Waals surface area contributed by atoms with Crippen molar-refractivity contribution in [3.63, 3.8) is 0 Å². The van der Waals surface area contributed by atoms with E-state index >= 15 is 0 Å². The van der Waals surface area contributed by atoms with Gasteiger partial charge in [0, 0.05) is 24.9 Å². The molecule has 0 radical (unpaired) electrons. The number of nitrogens with zero attached hydrogens (tertiary/aromatic N) is 2. The van der Waals surface area contributed by atoms with Crippen LogP contribution in [0.5, 0.6) is 5.88 Å². The summed E-state index contributed by atoms with van der Waals surface area (Å²) in [5, 5.41) is 0.380. The van der Waals surface area contributed by atoms with Gasteiger partial charge in [-0.3, -0.25) is 4.98 Å². The molecule has 0 aliphatic rings. The van der Waals surface area contributed by atoms with Gasteiger partial charge in [0.25, 0.3) is 0 Å². The molecule has 0 saturated heterocycles. The first-order valence-electron chi connectivity index (χ1n) is 6.08. The Bertz CT molecular complexity index is 563. The zero-order valence-corrected chi connectivity index (χ0v) is 11.4. The van der Waals surface area contributed by atoms with Crippen molar-refractivity contribution in [2.24, 2.45) is 0 Å². The van der Waals surface area contributed by atoms with Crippen LogP contribution >= 0.6 is 11.6 Å². The summed E-state index contributed by atoms with van der Waals surface area (Å²) in [6.07, 6.45) is 3.64. The third-order valence-corrected chi connectivity index (χ3v) is 2.57. The highest BCUT2D eigenvalue weighted by atomic mass is 35.5. The molecule has 0 unspecified atom stereocenters. The highest BCUT2D eigenvalue weighted by Crippen LogP contribution is 2.11. The number of hydrogen-bond acceptors (Lipinski definition) is 5. The monoisotopic (exact) mass is 292 g/mol.